The molecule has 1 aliphatic heterocycles. The first-order valence-corrected chi connectivity index (χ1v) is 15.0. The third kappa shape index (κ3) is 18.9. The van der Waals surface area contributed by atoms with Crippen LogP contribution in [0.2, 0.25) is 0 Å². The van der Waals surface area contributed by atoms with Crippen LogP contribution in [0.4, 0.5) is 0 Å². The van der Waals surface area contributed by atoms with Gasteiger partial charge in [0, 0.05) is 52.4 Å². The van der Waals surface area contributed by atoms with E-state index in [9.17, 15) is 19.2 Å². The van der Waals surface area contributed by atoms with Crippen molar-refractivity contribution < 1.29 is 47.6 Å². The standard InChI is InChI=1S/C28H52N4O10/c1-5-39-25(33)21-29-9-10-30(22-26(34)40-6-2)14-19-38-20-16-32(24-28(36)42-8-4)12-11-31(15-18-37-17-13-29)23-27(35)41-7-3/h5-24H2,1-4H3. The van der Waals surface area contributed by atoms with Crippen molar-refractivity contribution in [1.82, 2.24) is 19.6 Å². The molecule has 42 heavy (non-hydrogen) atoms. The van der Waals surface area contributed by atoms with Crippen molar-refractivity contribution in [2.75, 3.05) is 131 Å². The molecule has 0 spiro atoms. The second-order valence-corrected chi connectivity index (χ2v) is 9.55. The first kappa shape index (κ1) is 37.7. The zero-order valence-electron chi connectivity index (χ0n) is 26.0. The lowest BCUT2D eigenvalue weighted by Gasteiger charge is -2.28. The average molecular weight is 605 g/mol. The van der Waals surface area contributed by atoms with Gasteiger partial charge in [0.05, 0.1) is 79.0 Å². The number of esters is 4. The van der Waals surface area contributed by atoms with E-state index >= 15 is 0 Å². The van der Waals surface area contributed by atoms with Crippen LogP contribution in [0.5, 0.6) is 0 Å². The fourth-order valence-electron chi connectivity index (χ4n) is 4.18. The Morgan fingerprint density at radius 3 is 0.833 bits per heavy atom. The number of carbonyl (C=O) groups excluding carboxylic acids is 4. The Balaban J connectivity index is 2.97. The van der Waals surface area contributed by atoms with Gasteiger partial charge in [-0.3, -0.25) is 38.8 Å². The van der Waals surface area contributed by atoms with E-state index in [1.807, 2.05) is 19.6 Å². The summed E-state index contributed by atoms with van der Waals surface area (Å²) in [6.07, 6.45) is 0. The van der Waals surface area contributed by atoms with Crippen molar-refractivity contribution >= 4 is 23.9 Å². The second-order valence-electron chi connectivity index (χ2n) is 9.55. The van der Waals surface area contributed by atoms with Gasteiger partial charge >= 0.3 is 23.9 Å². The summed E-state index contributed by atoms with van der Waals surface area (Å²) in [5.41, 5.74) is 0. The number of nitrogens with zero attached hydrogens (tertiary/aromatic N) is 4. The van der Waals surface area contributed by atoms with E-state index in [1.54, 1.807) is 27.7 Å². The lowest BCUT2D eigenvalue weighted by atomic mass is 10.3. The van der Waals surface area contributed by atoms with Gasteiger partial charge in [-0.1, -0.05) is 0 Å². The maximum Gasteiger partial charge on any atom is 0.320 e. The Morgan fingerprint density at radius 1 is 0.429 bits per heavy atom. The topological polar surface area (TPSA) is 137 Å². The van der Waals surface area contributed by atoms with Gasteiger partial charge < -0.3 is 28.4 Å². The van der Waals surface area contributed by atoms with Gasteiger partial charge in [-0.25, -0.2) is 0 Å². The van der Waals surface area contributed by atoms with Crippen LogP contribution < -0.4 is 0 Å². The van der Waals surface area contributed by atoms with Crippen LogP contribution in [0.15, 0.2) is 0 Å². The highest BCUT2D eigenvalue weighted by Crippen LogP contribution is 2.01. The van der Waals surface area contributed by atoms with Crippen LogP contribution in [0.1, 0.15) is 27.7 Å². The molecule has 1 saturated heterocycles. The molecule has 1 heterocycles. The highest BCUT2D eigenvalue weighted by atomic mass is 16.5. The Kier molecular flexibility index (Phi) is 21.6. The average Bonchev–Trinajstić information content (AvgIpc) is 2.93. The van der Waals surface area contributed by atoms with Crippen LogP contribution in [0.3, 0.4) is 0 Å². The van der Waals surface area contributed by atoms with Gasteiger partial charge in [-0.05, 0) is 27.7 Å². The minimum Gasteiger partial charge on any atom is -0.465 e. The van der Waals surface area contributed by atoms with Crippen LogP contribution in [-0.2, 0) is 47.6 Å². The molecule has 1 fully saturated rings. The van der Waals surface area contributed by atoms with Crippen LogP contribution in [0, 0.1) is 0 Å². The first-order chi connectivity index (χ1) is 20.3. The quantitative estimate of drug-likeness (QED) is 0.209. The summed E-state index contributed by atoms with van der Waals surface area (Å²) < 4.78 is 32.3. The number of rotatable bonds is 12. The van der Waals surface area contributed by atoms with Gasteiger partial charge in [0.25, 0.3) is 0 Å². The molecule has 0 aromatic carbocycles. The molecular formula is C28H52N4O10. The molecule has 0 N–H and O–H groups in total. The molecule has 0 amide bonds. The normalized spacial score (nSPS) is 18.4. The minimum absolute atomic E-state index is 0.103. The van der Waals surface area contributed by atoms with Crippen molar-refractivity contribution in [2.45, 2.75) is 27.7 Å². The lowest BCUT2D eigenvalue weighted by Crippen LogP contribution is -2.44. The molecule has 0 aromatic rings. The van der Waals surface area contributed by atoms with E-state index in [4.69, 9.17) is 28.4 Å². The number of ether oxygens (including phenoxy) is 6. The van der Waals surface area contributed by atoms with Crippen molar-refractivity contribution in [1.29, 1.82) is 0 Å². The lowest BCUT2D eigenvalue weighted by molar-refractivity contribution is -0.146. The maximum atomic E-state index is 12.2. The summed E-state index contributed by atoms with van der Waals surface area (Å²) in [7, 11) is 0. The Labute approximate surface area is 250 Å². The molecule has 14 heteroatoms. The fourth-order valence-corrected chi connectivity index (χ4v) is 4.18. The molecule has 0 aliphatic carbocycles. The predicted octanol–water partition coefficient (Wildman–Crippen LogP) is -0.506. The van der Waals surface area contributed by atoms with E-state index in [0.29, 0.717) is 105 Å². The Bertz CT molecular complexity index is 651. The van der Waals surface area contributed by atoms with Gasteiger partial charge in [0.1, 0.15) is 0 Å². The monoisotopic (exact) mass is 604 g/mol. The zero-order chi connectivity index (χ0) is 31.0. The van der Waals surface area contributed by atoms with Gasteiger partial charge in [-0.2, -0.15) is 0 Å². The molecule has 0 saturated carbocycles. The summed E-state index contributed by atoms with van der Waals surface area (Å²) in [5, 5.41) is 0. The molecule has 244 valence electrons. The number of carbonyl (C=O) groups is 4. The number of hydrogen-bond donors (Lipinski definition) is 0. The van der Waals surface area contributed by atoms with Crippen molar-refractivity contribution in [3.63, 3.8) is 0 Å². The summed E-state index contributed by atoms with van der Waals surface area (Å²) in [6, 6.07) is 0. The first-order valence-electron chi connectivity index (χ1n) is 15.0. The van der Waals surface area contributed by atoms with E-state index < -0.39 is 0 Å². The Hall–Kier alpha value is -2.36. The van der Waals surface area contributed by atoms with E-state index in [2.05, 4.69) is 0 Å². The van der Waals surface area contributed by atoms with Crippen LogP contribution in [-0.4, -0.2) is 175 Å². The van der Waals surface area contributed by atoms with Crippen molar-refractivity contribution in [3.8, 4) is 0 Å². The molecule has 0 radical (unpaired) electrons. The van der Waals surface area contributed by atoms with Crippen LogP contribution in [0.25, 0.3) is 0 Å². The van der Waals surface area contributed by atoms with E-state index in [-0.39, 0.29) is 50.1 Å². The fraction of sp³-hybridized carbons (Fsp3) is 0.857. The van der Waals surface area contributed by atoms with E-state index in [1.165, 1.54) is 0 Å². The third-order valence-electron chi connectivity index (χ3n) is 6.30. The van der Waals surface area contributed by atoms with Gasteiger partial charge in [0.2, 0.25) is 0 Å². The van der Waals surface area contributed by atoms with Crippen LogP contribution >= 0.6 is 0 Å². The molecule has 14 nitrogen and oxygen atoms in total. The second kappa shape index (κ2) is 24.1. The van der Waals surface area contributed by atoms with E-state index in [0.717, 1.165) is 0 Å². The van der Waals surface area contributed by atoms with Crippen molar-refractivity contribution in [2.24, 2.45) is 0 Å². The maximum absolute atomic E-state index is 12.2. The summed E-state index contributed by atoms with van der Waals surface area (Å²) >= 11 is 0. The molecule has 0 aromatic heterocycles. The number of hydrogen-bond acceptors (Lipinski definition) is 14. The highest BCUT2D eigenvalue weighted by Gasteiger charge is 2.19. The summed E-state index contributed by atoms with van der Waals surface area (Å²) in [4.78, 5) is 56.6. The Morgan fingerprint density at radius 2 is 0.643 bits per heavy atom. The highest BCUT2D eigenvalue weighted by molar-refractivity contribution is 5.72. The zero-order valence-corrected chi connectivity index (χ0v) is 26.0. The SMILES string of the molecule is CCOC(=O)CN1CCOCCN(CC(=O)OCC)CCN(CC(=O)OCC)CCOCCN(CC(=O)OCC)CC1. The summed E-state index contributed by atoms with van der Waals surface area (Å²) in [6.45, 7) is 14.0. The molecular weight excluding hydrogens is 552 g/mol. The predicted molar refractivity (Wildman–Crippen MR) is 154 cm³/mol. The van der Waals surface area contributed by atoms with Gasteiger partial charge in [0.15, 0.2) is 0 Å². The largest absolute Gasteiger partial charge is 0.465 e. The summed E-state index contributed by atoms with van der Waals surface area (Å²) in [5.74, 6) is -1.30. The minimum atomic E-state index is -0.326. The third-order valence-corrected chi connectivity index (χ3v) is 6.30. The molecule has 0 unspecified atom stereocenters. The molecule has 1 aliphatic rings. The molecule has 0 atom stereocenters. The van der Waals surface area contributed by atoms with Crippen molar-refractivity contribution in [3.05, 3.63) is 0 Å². The van der Waals surface area contributed by atoms with Gasteiger partial charge in [-0.15, -0.1) is 0 Å². The molecule has 1 rings (SSSR count). The smallest absolute Gasteiger partial charge is 0.320 e. The molecule has 0 bridgehead atoms.